The average Bonchev–Trinajstić information content (AvgIpc) is 2.70. The molecule has 1 atom stereocenters. The predicted molar refractivity (Wildman–Crippen MR) is 79.0 cm³/mol. The molecular formula is C11H17Cl2N5O. The number of anilines is 1. The van der Waals surface area contributed by atoms with Crippen LogP contribution in [-0.4, -0.2) is 26.5 Å². The molecule has 1 unspecified atom stereocenters. The van der Waals surface area contributed by atoms with Crippen molar-refractivity contribution in [2.24, 2.45) is 5.73 Å². The molecule has 0 aliphatic carbocycles. The molecule has 0 aliphatic heterocycles. The summed E-state index contributed by atoms with van der Waals surface area (Å²) in [6, 6.07) is 5.57. The summed E-state index contributed by atoms with van der Waals surface area (Å²) in [6.07, 6.45) is 2.85. The summed E-state index contributed by atoms with van der Waals surface area (Å²) in [5.41, 5.74) is 6.30. The minimum absolute atomic E-state index is 0. The van der Waals surface area contributed by atoms with Crippen molar-refractivity contribution in [1.29, 1.82) is 0 Å². The highest BCUT2D eigenvalue weighted by molar-refractivity contribution is 5.89. The molecule has 2 aromatic rings. The molecule has 8 heteroatoms. The molecule has 0 radical (unpaired) electrons. The van der Waals surface area contributed by atoms with Crippen molar-refractivity contribution in [3.8, 4) is 0 Å². The van der Waals surface area contributed by atoms with E-state index in [9.17, 15) is 4.79 Å². The fourth-order valence-electron chi connectivity index (χ4n) is 1.47. The highest BCUT2D eigenvalue weighted by atomic mass is 35.5. The Kier molecular flexibility index (Phi) is 7.36. The van der Waals surface area contributed by atoms with E-state index in [1.807, 2.05) is 25.1 Å². The maximum absolute atomic E-state index is 11.6. The maximum atomic E-state index is 11.6. The van der Waals surface area contributed by atoms with E-state index in [2.05, 4.69) is 15.5 Å². The minimum atomic E-state index is -0.0968. The second-order valence-corrected chi connectivity index (χ2v) is 4.02. The summed E-state index contributed by atoms with van der Waals surface area (Å²) in [5, 5.41) is 10.6. The molecule has 106 valence electrons. The topological polar surface area (TPSA) is 85.3 Å². The molecular weight excluding hydrogens is 289 g/mol. The zero-order valence-corrected chi connectivity index (χ0v) is 12.1. The van der Waals surface area contributed by atoms with Crippen LogP contribution in [0.3, 0.4) is 0 Å². The van der Waals surface area contributed by atoms with Crippen LogP contribution in [0.5, 0.6) is 0 Å². The molecule has 2 heterocycles. The Hall–Kier alpha value is -1.37. The summed E-state index contributed by atoms with van der Waals surface area (Å²) >= 11 is 0. The Labute approximate surface area is 123 Å². The van der Waals surface area contributed by atoms with Crippen molar-refractivity contribution in [1.82, 2.24) is 14.6 Å². The van der Waals surface area contributed by atoms with Crippen molar-refractivity contribution in [2.75, 3.05) is 5.32 Å². The van der Waals surface area contributed by atoms with Gasteiger partial charge < -0.3 is 5.73 Å². The van der Waals surface area contributed by atoms with E-state index >= 15 is 0 Å². The summed E-state index contributed by atoms with van der Waals surface area (Å²) < 4.78 is 1.73. The predicted octanol–water partition coefficient (Wildman–Crippen LogP) is 1.64. The quantitative estimate of drug-likeness (QED) is 0.899. The van der Waals surface area contributed by atoms with Gasteiger partial charge in [-0.3, -0.25) is 14.5 Å². The van der Waals surface area contributed by atoms with Gasteiger partial charge in [0.2, 0.25) is 11.9 Å². The zero-order valence-electron chi connectivity index (χ0n) is 10.4. The number of carbonyl (C=O) groups excluding carboxylic acids is 1. The minimum Gasteiger partial charge on any atom is -0.328 e. The molecule has 0 bridgehead atoms. The fourth-order valence-corrected chi connectivity index (χ4v) is 1.47. The largest absolute Gasteiger partial charge is 0.328 e. The molecule has 3 N–H and O–H groups in total. The lowest BCUT2D eigenvalue weighted by atomic mass is 10.2. The molecule has 6 nitrogen and oxygen atoms in total. The van der Waals surface area contributed by atoms with Crippen molar-refractivity contribution in [3.05, 3.63) is 24.4 Å². The van der Waals surface area contributed by atoms with Gasteiger partial charge in [0.15, 0.2) is 5.65 Å². The van der Waals surface area contributed by atoms with Crippen molar-refractivity contribution in [2.45, 2.75) is 25.8 Å². The third-order valence-corrected chi connectivity index (χ3v) is 2.39. The standard InChI is InChI=1S/C11H15N5O.2ClH/c1-8(12)5-6-10(17)13-11-15-14-9-4-2-3-7-16(9)11;;/h2-4,7-8H,5-6,12H2,1H3,(H,13,15,17);2*1H. The number of aromatic nitrogens is 3. The molecule has 1 amide bonds. The van der Waals surface area contributed by atoms with Crippen LogP contribution in [0.15, 0.2) is 24.4 Å². The molecule has 0 saturated carbocycles. The monoisotopic (exact) mass is 305 g/mol. The number of fused-ring (bicyclic) bond motifs is 1. The van der Waals surface area contributed by atoms with Crippen LogP contribution < -0.4 is 11.1 Å². The molecule has 0 saturated heterocycles. The molecule has 0 fully saturated rings. The van der Waals surface area contributed by atoms with E-state index < -0.39 is 0 Å². The summed E-state index contributed by atoms with van der Waals surface area (Å²) in [7, 11) is 0. The lowest BCUT2D eigenvalue weighted by molar-refractivity contribution is -0.116. The van der Waals surface area contributed by atoms with Crippen LogP contribution in [0.4, 0.5) is 5.95 Å². The zero-order chi connectivity index (χ0) is 12.3. The van der Waals surface area contributed by atoms with E-state index in [4.69, 9.17) is 5.73 Å². The van der Waals surface area contributed by atoms with E-state index in [0.717, 1.165) is 0 Å². The molecule has 0 aliphatic rings. The fraction of sp³-hybridized carbons (Fsp3) is 0.364. The van der Waals surface area contributed by atoms with Crippen LogP contribution in [0.1, 0.15) is 19.8 Å². The van der Waals surface area contributed by atoms with Crippen molar-refractivity contribution < 1.29 is 4.79 Å². The van der Waals surface area contributed by atoms with Crippen LogP contribution in [0, 0.1) is 0 Å². The third kappa shape index (κ3) is 4.66. The van der Waals surface area contributed by atoms with Gasteiger partial charge in [-0.1, -0.05) is 6.07 Å². The summed E-state index contributed by atoms with van der Waals surface area (Å²) in [5.74, 6) is 0.343. The first-order valence-corrected chi connectivity index (χ1v) is 5.52. The third-order valence-electron chi connectivity index (χ3n) is 2.39. The number of rotatable bonds is 4. The Morgan fingerprint density at radius 3 is 2.84 bits per heavy atom. The first-order valence-electron chi connectivity index (χ1n) is 5.52. The van der Waals surface area contributed by atoms with Gasteiger partial charge in [0, 0.05) is 18.7 Å². The SMILES string of the molecule is CC(N)CCC(=O)Nc1nnc2ccccn12.Cl.Cl. The number of amides is 1. The number of hydrogen-bond donors (Lipinski definition) is 2. The second kappa shape index (κ2) is 7.93. The molecule has 0 aromatic carbocycles. The van der Waals surface area contributed by atoms with E-state index in [0.29, 0.717) is 24.4 Å². The Balaban J connectivity index is 0.00000162. The van der Waals surface area contributed by atoms with Crippen molar-refractivity contribution in [3.63, 3.8) is 0 Å². The molecule has 2 rings (SSSR count). The van der Waals surface area contributed by atoms with Gasteiger partial charge in [0.1, 0.15) is 0 Å². The highest BCUT2D eigenvalue weighted by Gasteiger charge is 2.09. The van der Waals surface area contributed by atoms with Gasteiger partial charge in [-0.15, -0.1) is 35.0 Å². The first-order chi connectivity index (χ1) is 8.16. The normalized spacial score (nSPS) is 11.3. The smallest absolute Gasteiger partial charge is 0.235 e. The molecule has 0 spiro atoms. The van der Waals surface area contributed by atoms with E-state index in [1.165, 1.54) is 0 Å². The Morgan fingerprint density at radius 1 is 1.42 bits per heavy atom. The number of halogens is 2. The Morgan fingerprint density at radius 2 is 2.16 bits per heavy atom. The van der Waals surface area contributed by atoms with Gasteiger partial charge in [0.25, 0.3) is 0 Å². The van der Waals surface area contributed by atoms with Gasteiger partial charge in [-0.05, 0) is 25.5 Å². The van der Waals surface area contributed by atoms with Gasteiger partial charge in [-0.2, -0.15) is 0 Å². The van der Waals surface area contributed by atoms with Gasteiger partial charge in [-0.25, -0.2) is 0 Å². The van der Waals surface area contributed by atoms with Gasteiger partial charge >= 0.3 is 0 Å². The number of hydrogen-bond acceptors (Lipinski definition) is 4. The van der Waals surface area contributed by atoms with Gasteiger partial charge in [0.05, 0.1) is 0 Å². The summed E-state index contributed by atoms with van der Waals surface area (Å²) in [6.45, 7) is 1.87. The first kappa shape index (κ1) is 17.6. The average molecular weight is 306 g/mol. The van der Waals surface area contributed by atoms with Crippen LogP contribution in [0.2, 0.25) is 0 Å². The number of carbonyl (C=O) groups is 1. The Bertz CT molecular complexity index is 529. The second-order valence-electron chi connectivity index (χ2n) is 4.02. The molecule has 19 heavy (non-hydrogen) atoms. The molecule has 2 aromatic heterocycles. The lowest BCUT2D eigenvalue weighted by Crippen LogP contribution is -2.20. The lowest BCUT2D eigenvalue weighted by Gasteiger charge is -2.05. The summed E-state index contributed by atoms with van der Waals surface area (Å²) in [4.78, 5) is 11.6. The number of pyridine rings is 1. The van der Waals surface area contributed by atoms with Crippen molar-refractivity contribution >= 4 is 42.3 Å². The van der Waals surface area contributed by atoms with Crippen LogP contribution in [0.25, 0.3) is 5.65 Å². The van der Waals surface area contributed by atoms with Crippen LogP contribution >= 0.6 is 24.8 Å². The number of nitrogens with one attached hydrogen (secondary N) is 1. The van der Waals surface area contributed by atoms with E-state index in [-0.39, 0.29) is 36.8 Å². The maximum Gasteiger partial charge on any atom is 0.235 e. The number of nitrogens with zero attached hydrogens (tertiary/aromatic N) is 3. The van der Waals surface area contributed by atoms with Crippen LogP contribution in [-0.2, 0) is 4.79 Å². The highest BCUT2D eigenvalue weighted by Crippen LogP contribution is 2.08. The van der Waals surface area contributed by atoms with E-state index in [1.54, 1.807) is 10.6 Å². The number of nitrogens with two attached hydrogens (primary N) is 1.